The summed E-state index contributed by atoms with van der Waals surface area (Å²) in [6.07, 6.45) is 2.47. The number of hydrogen-bond acceptors (Lipinski definition) is 3. The molecule has 1 aliphatic rings. The number of thioether (sulfide) groups is 1. The maximum absolute atomic E-state index is 12.6. The van der Waals surface area contributed by atoms with E-state index in [2.05, 4.69) is 17.4 Å². The molecule has 0 atom stereocenters. The van der Waals surface area contributed by atoms with Gasteiger partial charge in [0.2, 0.25) is 5.91 Å². The molecule has 2 aromatic rings. The maximum atomic E-state index is 12.6. The van der Waals surface area contributed by atoms with E-state index in [-0.39, 0.29) is 11.9 Å². The van der Waals surface area contributed by atoms with E-state index in [0.717, 1.165) is 16.7 Å². The minimum Gasteiger partial charge on any atom is -0.339 e. The van der Waals surface area contributed by atoms with Crippen molar-refractivity contribution in [1.29, 1.82) is 0 Å². The van der Waals surface area contributed by atoms with Crippen LogP contribution in [-0.2, 0) is 17.8 Å². The second-order valence-corrected chi connectivity index (χ2v) is 7.86. The van der Waals surface area contributed by atoms with Crippen molar-refractivity contribution in [2.24, 2.45) is 0 Å². The lowest BCUT2D eigenvalue weighted by Crippen LogP contribution is -2.53. The molecular formula is C22H27N3O2S. The van der Waals surface area contributed by atoms with Crippen LogP contribution in [-0.4, -0.2) is 54.2 Å². The van der Waals surface area contributed by atoms with Gasteiger partial charge in [-0.2, -0.15) is 0 Å². The second kappa shape index (κ2) is 9.64. The lowest BCUT2D eigenvalue weighted by Gasteiger charge is -2.35. The molecule has 28 heavy (non-hydrogen) atoms. The van der Waals surface area contributed by atoms with Crippen molar-refractivity contribution in [1.82, 2.24) is 15.1 Å². The van der Waals surface area contributed by atoms with Gasteiger partial charge < -0.3 is 15.1 Å². The Morgan fingerprint density at radius 1 is 0.964 bits per heavy atom. The van der Waals surface area contributed by atoms with Crippen LogP contribution < -0.4 is 5.32 Å². The Hall–Kier alpha value is -2.47. The number of nitrogens with zero attached hydrogens (tertiary/aromatic N) is 2. The van der Waals surface area contributed by atoms with Crippen LogP contribution in [0.15, 0.2) is 53.4 Å². The molecular weight excluding hydrogens is 370 g/mol. The second-order valence-electron chi connectivity index (χ2n) is 6.98. The Bertz CT molecular complexity index is 815. The predicted octanol–water partition coefficient (Wildman–Crippen LogP) is 3.31. The minimum absolute atomic E-state index is 0.0695. The number of benzene rings is 2. The van der Waals surface area contributed by atoms with Crippen LogP contribution >= 0.6 is 11.8 Å². The highest BCUT2D eigenvalue weighted by Gasteiger charge is 2.24. The SMILES string of the molecule is CSc1ccc(CNC(=O)N2CCN(C(=O)Cc3ccccc3C)CC2)cc1. The molecule has 0 aromatic heterocycles. The Labute approximate surface area is 171 Å². The number of hydrogen-bond donors (Lipinski definition) is 1. The summed E-state index contributed by atoms with van der Waals surface area (Å²) in [4.78, 5) is 29.8. The standard InChI is InChI=1S/C22H27N3O2S/c1-17-5-3-4-6-19(17)15-21(26)24-11-13-25(14-12-24)22(27)23-16-18-7-9-20(28-2)10-8-18/h3-10H,11-16H2,1-2H3,(H,23,27). The van der Waals surface area contributed by atoms with E-state index < -0.39 is 0 Å². The molecule has 0 bridgehead atoms. The van der Waals surface area contributed by atoms with Gasteiger partial charge in [-0.25, -0.2) is 4.79 Å². The Kier molecular flexibility index (Phi) is 6.98. The molecule has 3 amide bonds. The fraction of sp³-hybridized carbons (Fsp3) is 0.364. The summed E-state index contributed by atoms with van der Waals surface area (Å²) in [6, 6.07) is 16.1. The molecule has 1 heterocycles. The van der Waals surface area contributed by atoms with Crippen LogP contribution in [0.3, 0.4) is 0 Å². The van der Waals surface area contributed by atoms with Crippen LogP contribution in [0.1, 0.15) is 16.7 Å². The van der Waals surface area contributed by atoms with Crippen LogP contribution in [0.2, 0.25) is 0 Å². The summed E-state index contributed by atoms with van der Waals surface area (Å²) in [7, 11) is 0. The van der Waals surface area contributed by atoms with Crippen molar-refractivity contribution < 1.29 is 9.59 Å². The van der Waals surface area contributed by atoms with Crippen LogP contribution in [0.4, 0.5) is 4.79 Å². The summed E-state index contributed by atoms with van der Waals surface area (Å²) < 4.78 is 0. The lowest BCUT2D eigenvalue weighted by molar-refractivity contribution is -0.131. The van der Waals surface area contributed by atoms with E-state index in [1.54, 1.807) is 16.7 Å². The lowest BCUT2D eigenvalue weighted by atomic mass is 10.1. The Morgan fingerprint density at radius 2 is 1.61 bits per heavy atom. The van der Waals surface area contributed by atoms with Gasteiger partial charge in [-0.3, -0.25) is 4.79 Å². The first-order valence-corrected chi connectivity index (χ1v) is 10.8. The molecule has 1 fully saturated rings. The highest BCUT2D eigenvalue weighted by molar-refractivity contribution is 7.98. The van der Waals surface area contributed by atoms with Crippen molar-refractivity contribution in [3.63, 3.8) is 0 Å². The third-order valence-corrected chi connectivity index (χ3v) is 5.87. The zero-order valence-electron chi connectivity index (χ0n) is 16.5. The van der Waals surface area contributed by atoms with Crippen molar-refractivity contribution in [3.8, 4) is 0 Å². The molecule has 0 unspecified atom stereocenters. The first kappa shape index (κ1) is 20.3. The summed E-state index contributed by atoms with van der Waals surface area (Å²) >= 11 is 1.70. The van der Waals surface area contributed by atoms with Gasteiger partial charge in [0.05, 0.1) is 6.42 Å². The molecule has 1 aliphatic heterocycles. The minimum atomic E-state index is -0.0695. The number of amides is 3. The summed E-state index contributed by atoms with van der Waals surface area (Å²) in [5.41, 5.74) is 3.29. The fourth-order valence-electron chi connectivity index (χ4n) is 3.27. The highest BCUT2D eigenvalue weighted by atomic mass is 32.2. The van der Waals surface area contributed by atoms with Gasteiger partial charge in [0.15, 0.2) is 0 Å². The molecule has 0 radical (unpaired) electrons. The van der Waals surface area contributed by atoms with Crippen LogP contribution in [0.5, 0.6) is 0 Å². The zero-order chi connectivity index (χ0) is 19.9. The highest BCUT2D eigenvalue weighted by Crippen LogP contribution is 2.15. The van der Waals surface area contributed by atoms with Crippen LogP contribution in [0.25, 0.3) is 0 Å². The fourth-order valence-corrected chi connectivity index (χ4v) is 3.68. The van der Waals surface area contributed by atoms with Crippen molar-refractivity contribution in [3.05, 3.63) is 65.2 Å². The Morgan fingerprint density at radius 3 is 2.25 bits per heavy atom. The number of aryl methyl sites for hydroxylation is 1. The van der Waals surface area contributed by atoms with Crippen LogP contribution in [0, 0.1) is 6.92 Å². The quantitative estimate of drug-likeness (QED) is 0.788. The number of carbonyl (C=O) groups excluding carboxylic acids is 2. The van der Waals surface area contributed by atoms with E-state index in [1.165, 1.54) is 4.90 Å². The molecule has 0 saturated carbocycles. The third-order valence-electron chi connectivity index (χ3n) is 5.13. The number of piperazine rings is 1. The van der Waals surface area contributed by atoms with Gasteiger partial charge in [0.25, 0.3) is 0 Å². The molecule has 0 spiro atoms. The van der Waals surface area contributed by atoms with Crippen molar-refractivity contribution >= 4 is 23.7 Å². The smallest absolute Gasteiger partial charge is 0.317 e. The normalized spacial score (nSPS) is 14.1. The van der Waals surface area contributed by atoms with Gasteiger partial charge in [0, 0.05) is 37.6 Å². The zero-order valence-corrected chi connectivity index (χ0v) is 17.3. The number of urea groups is 1. The average Bonchev–Trinajstić information content (AvgIpc) is 2.74. The summed E-state index contributed by atoms with van der Waals surface area (Å²) in [5, 5.41) is 2.97. The summed E-state index contributed by atoms with van der Waals surface area (Å²) in [5.74, 6) is 0.128. The predicted molar refractivity (Wildman–Crippen MR) is 113 cm³/mol. The van der Waals surface area contributed by atoms with Crippen molar-refractivity contribution in [2.75, 3.05) is 32.4 Å². The van der Waals surface area contributed by atoms with Gasteiger partial charge in [-0.05, 0) is 42.0 Å². The third kappa shape index (κ3) is 5.29. The molecule has 1 N–H and O–H groups in total. The monoisotopic (exact) mass is 397 g/mol. The number of carbonyl (C=O) groups is 2. The van der Waals surface area contributed by atoms with Gasteiger partial charge in [0.1, 0.15) is 0 Å². The maximum Gasteiger partial charge on any atom is 0.317 e. The molecule has 148 valence electrons. The first-order valence-electron chi connectivity index (χ1n) is 9.55. The van der Waals surface area contributed by atoms with Gasteiger partial charge >= 0.3 is 6.03 Å². The Balaban J connectivity index is 1.44. The molecule has 1 saturated heterocycles. The van der Waals surface area contributed by atoms with E-state index in [0.29, 0.717) is 39.1 Å². The molecule has 6 heteroatoms. The van der Waals surface area contributed by atoms with Gasteiger partial charge in [-0.15, -0.1) is 11.8 Å². The topological polar surface area (TPSA) is 52.7 Å². The van der Waals surface area contributed by atoms with E-state index >= 15 is 0 Å². The largest absolute Gasteiger partial charge is 0.339 e. The molecule has 0 aliphatic carbocycles. The average molecular weight is 398 g/mol. The van der Waals surface area contributed by atoms with E-state index in [4.69, 9.17) is 0 Å². The van der Waals surface area contributed by atoms with E-state index in [1.807, 2.05) is 54.5 Å². The molecule has 2 aromatic carbocycles. The summed E-state index contributed by atoms with van der Waals surface area (Å²) in [6.45, 7) is 4.84. The van der Waals surface area contributed by atoms with Gasteiger partial charge in [-0.1, -0.05) is 36.4 Å². The van der Waals surface area contributed by atoms with Crippen molar-refractivity contribution in [2.45, 2.75) is 24.8 Å². The molecule has 5 nitrogen and oxygen atoms in total. The van der Waals surface area contributed by atoms with E-state index in [9.17, 15) is 9.59 Å². The number of nitrogens with one attached hydrogen (secondary N) is 1. The number of rotatable bonds is 5. The first-order chi connectivity index (χ1) is 13.6. The molecule has 3 rings (SSSR count).